The molecule has 0 spiro atoms. The standard InChI is InChI=1S/C13H18N2OS/c1-4-10-5-6-11(17-10)7-13(16)12-8-14-15(3)9(12)2/h5-6,8,13,16H,4,7H2,1-3H3. The minimum atomic E-state index is -0.452. The molecule has 0 saturated heterocycles. The van der Waals surface area contributed by atoms with Crippen molar-refractivity contribution >= 4 is 11.3 Å². The van der Waals surface area contributed by atoms with Gasteiger partial charge in [-0.15, -0.1) is 11.3 Å². The zero-order chi connectivity index (χ0) is 12.4. The molecule has 1 atom stereocenters. The molecule has 0 amide bonds. The number of thiophene rings is 1. The van der Waals surface area contributed by atoms with Gasteiger partial charge in [-0.05, 0) is 25.5 Å². The third-order valence-corrected chi connectivity index (χ3v) is 4.34. The number of rotatable bonds is 4. The van der Waals surface area contributed by atoms with Crippen LogP contribution in [0.4, 0.5) is 0 Å². The third kappa shape index (κ3) is 2.58. The molecule has 2 heterocycles. The average molecular weight is 250 g/mol. The maximum Gasteiger partial charge on any atom is 0.0871 e. The molecular formula is C13H18N2OS. The summed E-state index contributed by atoms with van der Waals surface area (Å²) in [5, 5.41) is 14.4. The second kappa shape index (κ2) is 5.02. The van der Waals surface area contributed by atoms with Crippen LogP contribution in [0.5, 0.6) is 0 Å². The highest BCUT2D eigenvalue weighted by molar-refractivity contribution is 7.11. The van der Waals surface area contributed by atoms with Gasteiger partial charge in [0.2, 0.25) is 0 Å². The number of aliphatic hydroxyl groups is 1. The van der Waals surface area contributed by atoms with Crippen LogP contribution in [0.1, 0.15) is 34.0 Å². The van der Waals surface area contributed by atoms with Gasteiger partial charge >= 0.3 is 0 Å². The Hall–Kier alpha value is -1.13. The van der Waals surface area contributed by atoms with Gasteiger partial charge < -0.3 is 5.11 Å². The molecule has 0 aliphatic carbocycles. The van der Waals surface area contributed by atoms with E-state index in [0.717, 1.165) is 17.7 Å². The van der Waals surface area contributed by atoms with Crippen LogP contribution in [0, 0.1) is 6.92 Å². The van der Waals surface area contributed by atoms with Crippen molar-refractivity contribution in [3.8, 4) is 0 Å². The summed E-state index contributed by atoms with van der Waals surface area (Å²) in [5.74, 6) is 0. The second-order valence-corrected chi connectivity index (χ2v) is 5.50. The van der Waals surface area contributed by atoms with Crippen LogP contribution in [0.15, 0.2) is 18.3 Å². The second-order valence-electron chi connectivity index (χ2n) is 4.25. The predicted molar refractivity (Wildman–Crippen MR) is 70.3 cm³/mol. The molecule has 0 saturated carbocycles. The highest BCUT2D eigenvalue weighted by Gasteiger charge is 2.15. The Morgan fingerprint density at radius 3 is 2.65 bits per heavy atom. The summed E-state index contributed by atoms with van der Waals surface area (Å²) >= 11 is 1.78. The summed E-state index contributed by atoms with van der Waals surface area (Å²) in [4.78, 5) is 2.60. The minimum absolute atomic E-state index is 0.452. The van der Waals surface area contributed by atoms with Crippen LogP contribution in [0.3, 0.4) is 0 Å². The lowest BCUT2D eigenvalue weighted by Gasteiger charge is -2.08. The molecule has 17 heavy (non-hydrogen) atoms. The molecule has 4 heteroatoms. The Bertz CT molecular complexity index is 501. The first-order valence-electron chi connectivity index (χ1n) is 5.86. The highest BCUT2D eigenvalue weighted by Crippen LogP contribution is 2.25. The van der Waals surface area contributed by atoms with Gasteiger partial charge in [-0.3, -0.25) is 4.68 Å². The van der Waals surface area contributed by atoms with Crippen LogP contribution in [0.25, 0.3) is 0 Å². The normalized spacial score (nSPS) is 12.9. The molecule has 0 bridgehead atoms. The molecule has 0 aliphatic rings. The SMILES string of the molecule is CCc1ccc(CC(O)c2cnn(C)c2C)s1. The van der Waals surface area contributed by atoms with E-state index in [1.807, 2.05) is 14.0 Å². The largest absolute Gasteiger partial charge is 0.388 e. The summed E-state index contributed by atoms with van der Waals surface area (Å²) in [5.41, 5.74) is 1.96. The Labute approximate surface area is 106 Å². The van der Waals surface area contributed by atoms with Crippen LogP contribution in [0.2, 0.25) is 0 Å². The molecule has 92 valence electrons. The van der Waals surface area contributed by atoms with Crippen molar-refractivity contribution < 1.29 is 5.11 Å². The van der Waals surface area contributed by atoms with E-state index in [-0.39, 0.29) is 0 Å². The Morgan fingerprint density at radius 2 is 2.12 bits per heavy atom. The van der Waals surface area contributed by atoms with Crippen LogP contribution < -0.4 is 0 Å². The van der Waals surface area contributed by atoms with Crippen molar-refractivity contribution in [2.45, 2.75) is 32.8 Å². The lowest BCUT2D eigenvalue weighted by Crippen LogP contribution is -2.02. The topological polar surface area (TPSA) is 38.1 Å². The first-order valence-corrected chi connectivity index (χ1v) is 6.67. The number of aliphatic hydroxyl groups excluding tert-OH is 1. The fraction of sp³-hybridized carbons (Fsp3) is 0.462. The first kappa shape index (κ1) is 12.3. The van der Waals surface area contributed by atoms with Crippen LogP contribution >= 0.6 is 11.3 Å². The number of aromatic nitrogens is 2. The van der Waals surface area contributed by atoms with Gasteiger partial charge in [-0.2, -0.15) is 5.10 Å². The monoisotopic (exact) mass is 250 g/mol. The maximum absolute atomic E-state index is 10.2. The third-order valence-electron chi connectivity index (χ3n) is 3.09. The zero-order valence-electron chi connectivity index (χ0n) is 10.5. The van der Waals surface area contributed by atoms with E-state index < -0.39 is 6.10 Å². The lowest BCUT2D eigenvalue weighted by atomic mass is 10.1. The number of hydrogen-bond acceptors (Lipinski definition) is 3. The van der Waals surface area contributed by atoms with E-state index in [1.165, 1.54) is 9.75 Å². The van der Waals surface area contributed by atoms with E-state index in [2.05, 4.69) is 24.2 Å². The minimum Gasteiger partial charge on any atom is -0.388 e. The van der Waals surface area contributed by atoms with Gasteiger partial charge in [0.25, 0.3) is 0 Å². The Morgan fingerprint density at radius 1 is 1.41 bits per heavy atom. The molecule has 0 aromatic carbocycles. The van der Waals surface area contributed by atoms with E-state index in [0.29, 0.717) is 6.42 Å². The molecule has 2 rings (SSSR count). The molecule has 2 aromatic rings. The highest BCUT2D eigenvalue weighted by atomic mass is 32.1. The summed E-state index contributed by atoms with van der Waals surface area (Å²) in [6.07, 6.45) is 3.05. The quantitative estimate of drug-likeness (QED) is 0.906. The van der Waals surface area contributed by atoms with Crippen LogP contribution in [-0.4, -0.2) is 14.9 Å². The molecular weight excluding hydrogens is 232 g/mol. The van der Waals surface area contributed by atoms with E-state index in [1.54, 1.807) is 22.2 Å². The van der Waals surface area contributed by atoms with Crippen LogP contribution in [-0.2, 0) is 19.9 Å². The summed E-state index contributed by atoms with van der Waals surface area (Å²) in [7, 11) is 1.89. The molecule has 1 N–H and O–H groups in total. The van der Waals surface area contributed by atoms with Gasteiger partial charge in [0.05, 0.1) is 12.3 Å². The Balaban J connectivity index is 2.11. The predicted octanol–water partition coefficient (Wildman–Crippen LogP) is 2.63. The van der Waals surface area contributed by atoms with E-state index >= 15 is 0 Å². The number of hydrogen-bond donors (Lipinski definition) is 1. The van der Waals surface area contributed by atoms with Gasteiger partial charge in [0.1, 0.15) is 0 Å². The van der Waals surface area contributed by atoms with Gasteiger partial charge in [0.15, 0.2) is 0 Å². The van der Waals surface area contributed by atoms with Crippen molar-refractivity contribution in [3.05, 3.63) is 39.3 Å². The summed E-state index contributed by atoms with van der Waals surface area (Å²) in [6, 6.07) is 4.25. The van der Waals surface area contributed by atoms with Crippen molar-refractivity contribution in [2.24, 2.45) is 7.05 Å². The van der Waals surface area contributed by atoms with E-state index in [4.69, 9.17) is 0 Å². The van der Waals surface area contributed by atoms with Gasteiger partial charge in [0, 0.05) is 34.5 Å². The average Bonchev–Trinajstić information content (AvgIpc) is 2.88. The van der Waals surface area contributed by atoms with E-state index in [9.17, 15) is 5.11 Å². The molecule has 0 aliphatic heterocycles. The van der Waals surface area contributed by atoms with Crippen molar-refractivity contribution in [1.82, 2.24) is 9.78 Å². The van der Waals surface area contributed by atoms with Crippen molar-refractivity contribution in [2.75, 3.05) is 0 Å². The van der Waals surface area contributed by atoms with Crippen molar-refractivity contribution in [1.29, 1.82) is 0 Å². The maximum atomic E-state index is 10.2. The van der Waals surface area contributed by atoms with Gasteiger partial charge in [-0.1, -0.05) is 6.92 Å². The number of nitrogens with zero attached hydrogens (tertiary/aromatic N) is 2. The fourth-order valence-corrected chi connectivity index (χ4v) is 2.86. The molecule has 0 fully saturated rings. The summed E-state index contributed by atoms with van der Waals surface area (Å²) in [6.45, 7) is 4.13. The first-order chi connectivity index (χ1) is 8.11. The lowest BCUT2D eigenvalue weighted by molar-refractivity contribution is 0.178. The molecule has 0 radical (unpaired) electrons. The number of aryl methyl sites for hydroxylation is 2. The van der Waals surface area contributed by atoms with Crippen molar-refractivity contribution in [3.63, 3.8) is 0 Å². The zero-order valence-corrected chi connectivity index (χ0v) is 11.3. The molecule has 1 unspecified atom stereocenters. The molecule has 3 nitrogen and oxygen atoms in total. The summed E-state index contributed by atoms with van der Waals surface area (Å²) < 4.78 is 1.80. The Kier molecular flexibility index (Phi) is 3.64. The molecule has 2 aromatic heterocycles. The van der Waals surface area contributed by atoms with Gasteiger partial charge in [-0.25, -0.2) is 0 Å². The fourth-order valence-electron chi connectivity index (χ4n) is 1.87. The smallest absolute Gasteiger partial charge is 0.0871 e.